The Bertz CT molecular complexity index is 743. The summed E-state index contributed by atoms with van der Waals surface area (Å²) in [6.45, 7) is 10.2. The van der Waals surface area contributed by atoms with Gasteiger partial charge in [-0.2, -0.15) is 15.5 Å². The van der Waals surface area contributed by atoms with E-state index in [1.807, 2.05) is 18.2 Å². The number of benzene rings is 1. The highest BCUT2D eigenvalue weighted by Gasteiger charge is 2.18. The fourth-order valence-corrected chi connectivity index (χ4v) is 3.48. The van der Waals surface area contributed by atoms with E-state index in [0.717, 1.165) is 62.5 Å². The van der Waals surface area contributed by atoms with Gasteiger partial charge in [0.05, 0.1) is 17.3 Å². The van der Waals surface area contributed by atoms with Crippen LogP contribution >= 0.6 is 0 Å². The third-order valence-electron chi connectivity index (χ3n) is 4.81. The van der Waals surface area contributed by atoms with Crippen LogP contribution in [0.15, 0.2) is 36.5 Å². The zero-order valence-corrected chi connectivity index (χ0v) is 15.7. The molecule has 2 heterocycles. The first-order chi connectivity index (χ1) is 12.6. The van der Waals surface area contributed by atoms with Gasteiger partial charge in [0.25, 0.3) is 0 Å². The topological polar surface area (TPSA) is 56.1 Å². The van der Waals surface area contributed by atoms with Gasteiger partial charge in [0.2, 0.25) is 0 Å². The monoisotopic (exact) mass is 349 g/mol. The minimum Gasteiger partial charge on any atom is -0.296 e. The lowest BCUT2D eigenvalue weighted by Crippen LogP contribution is -2.45. The Kier molecular flexibility index (Phi) is 6.32. The van der Waals surface area contributed by atoms with Crippen LogP contribution < -0.4 is 0 Å². The molecule has 2 aromatic rings. The molecule has 1 saturated heterocycles. The molecule has 0 atom stereocenters. The third kappa shape index (κ3) is 5.10. The molecule has 0 spiro atoms. The smallest absolute Gasteiger partial charge is 0.0995 e. The Morgan fingerprint density at radius 1 is 1.08 bits per heavy atom. The van der Waals surface area contributed by atoms with Crippen LogP contribution in [0.1, 0.15) is 36.2 Å². The molecule has 5 nitrogen and oxygen atoms in total. The molecule has 3 rings (SSSR count). The van der Waals surface area contributed by atoms with Crippen LogP contribution in [0, 0.1) is 17.2 Å². The Morgan fingerprint density at radius 2 is 1.81 bits per heavy atom. The van der Waals surface area contributed by atoms with Gasteiger partial charge in [-0.1, -0.05) is 26.0 Å². The van der Waals surface area contributed by atoms with Gasteiger partial charge in [-0.25, -0.2) is 0 Å². The van der Waals surface area contributed by atoms with Crippen molar-refractivity contribution in [3.05, 3.63) is 58.9 Å². The van der Waals surface area contributed by atoms with E-state index in [0.29, 0.717) is 5.92 Å². The molecule has 1 aromatic carbocycles. The Balaban J connectivity index is 1.58. The first kappa shape index (κ1) is 18.5. The standard InChI is InChI=1S/C21H27N5/c1-17(2)12-18-5-6-19(14-22)20(13-18)15-25-8-10-26(11-9-25)16-21-4-3-7-23-24-21/h3-7,13,17H,8-12,15-16H2,1-2H3. The van der Waals surface area contributed by atoms with Crippen LogP contribution in [-0.4, -0.2) is 46.2 Å². The summed E-state index contributed by atoms with van der Waals surface area (Å²) in [5.41, 5.74) is 4.32. The molecule has 0 amide bonds. The number of piperazine rings is 1. The fourth-order valence-electron chi connectivity index (χ4n) is 3.48. The number of nitrogens with zero attached hydrogens (tertiary/aromatic N) is 5. The molecule has 1 aliphatic rings. The summed E-state index contributed by atoms with van der Waals surface area (Å²) in [7, 11) is 0. The molecule has 0 bridgehead atoms. The summed E-state index contributed by atoms with van der Waals surface area (Å²) in [4.78, 5) is 4.86. The van der Waals surface area contributed by atoms with E-state index < -0.39 is 0 Å². The number of hydrogen-bond donors (Lipinski definition) is 0. The second-order valence-electron chi connectivity index (χ2n) is 7.47. The van der Waals surface area contributed by atoms with Gasteiger partial charge in [0.1, 0.15) is 0 Å². The van der Waals surface area contributed by atoms with E-state index in [2.05, 4.69) is 52.0 Å². The van der Waals surface area contributed by atoms with Crippen LogP contribution in [0.3, 0.4) is 0 Å². The van der Waals surface area contributed by atoms with Crippen LogP contribution in [-0.2, 0) is 19.5 Å². The fraction of sp³-hybridized carbons (Fsp3) is 0.476. The van der Waals surface area contributed by atoms with E-state index in [4.69, 9.17) is 0 Å². The summed E-state index contributed by atoms with van der Waals surface area (Å²) in [5, 5.41) is 17.6. The maximum atomic E-state index is 9.44. The molecule has 5 heteroatoms. The lowest BCUT2D eigenvalue weighted by atomic mass is 9.98. The Morgan fingerprint density at radius 3 is 2.42 bits per heavy atom. The van der Waals surface area contributed by atoms with Crippen LogP contribution in [0.5, 0.6) is 0 Å². The van der Waals surface area contributed by atoms with Gasteiger partial charge in [-0.05, 0) is 41.7 Å². The van der Waals surface area contributed by atoms with Crippen molar-refractivity contribution in [2.45, 2.75) is 33.4 Å². The van der Waals surface area contributed by atoms with Crippen molar-refractivity contribution >= 4 is 0 Å². The molecular formula is C21H27N5. The summed E-state index contributed by atoms with van der Waals surface area (Å²) in [5.74, 6) is 0.625. The van der Waals surface area contributed by atoms with E-state index in [9.17, 15) is 5.26 Å². The average Bonchev–Trinajstić information content (AvgIpc) is 2.64. The molecule has 0 saturated carbocycles. The highest BCUT2D eigenvalue weighted by Crippen LogP contribution is 2.18. The summed E-state index contributed by atoms with van der Waals surface area (Å²) >= 11 is 0. The van der Waals surface area contributed by atoms with Gasteiger partial charge in [0.15, 0.2) is 0 Å². The number of aromatic nitrogens is 2. The molecule has 0 N–H and O–H groups in total. The van der Waals surface area contributed by atoms with Gasteiger partial charge in [-0.3, -0.25) is 9.80 Å². The van der Waals surface area contributed by atoms with Crippen molar-refractivity contribution in [3.8, 4) is 6.07 Å². The van der Waals surface area contributed by atoms with Crippen LogP contribution in [0.25, 0.3) is 0 Å². The molecule has 0 aliphatic carbocycles. The van der Waals surface area contributed by atoms with Gasteiger partial charge >= 0.3 is 0 Å². The lowest BCUT2D eigenvalue weighted by molar-refractivity contribution is 0.120. The predicted molar refractivity (Wildman–Crippen MR) is 102 cm³/mol. The predicted octanol–water partition coefficient (Wildman–Crippen LogP) is 2.86. The summed E-state index contributed by atoms with van der Waals surface area (Å²) in [6.07, 6.45) is 2.77. The zero-order valence-electron chi connectivity index (χ0n) is 15.7. The summed E-state index contributed by atoms with van der Waals surface area (Å²) < 4.78 is 0. The normalized spacial score (nSPS) is 15.9. The highest BCUT2D eigenvalue weighted by atomic mass is 15.3. The van der Waals surface area contributed by atoms with E-state index in [-0.39, 0.29) is 0 Å². The summed E-state index contributed by atoms with van der Waals surface area (Å²) in [6, 6.07) is 12.6. The first-order valence-electron chi connectivity index (χ1n) is 9.37. The largest absolute Gasteiger partial charge is 0.296 e. The molecule has 1 aliphatic heterocycles. The van der Waals surface area contributed by atoms with Crippen molar-refractivity contribution in [3.63, 3.8) is 0 Å². The lowest BCUT2D eigenvalue weighted by Gasteiger charge is -2.34. The third-order valence-corrected chi connectivity index (χ3v) is 4.81. The minimum absolute atomic E-state index is 0.625. The van der Waals surface area contributed by atoms with E-state index >= 15 is 0 Å². The minimum atomic E-state index is 0.625. The maximum absolute atomic E-state index is 9.44. The van der Waals surface area contributed by atoms with Crippen LogP contribution in [0.4, 0.5) is 0 Å². The Labute approximate surface area is 156 Å². The van der Waals surface area contributed by atoms with Crippen LogP contribution in [0.2, 0.25) is 0 Å². The molecule has 0 unspecified atom stereocenters. The average molecular weight is 349 g/mol. The van der Waals surface area contributed by atoms with Crippen molar-refractivity contribution < 1.29 is 0 Å². The van der Waals surface area contributed by atoms with Gasteiger partial charge in [-0.15, -0.1) is 0 Å². The molecule has 136 valence electrons. The molecule has 26 heavy (non-hydrogen) atoms. The van der Waals surface area contributed by atoms with E-state index in [1.165, 1.54) is 5.56 Å². The van der Waals surface area contributed by atoms with E-state index in [1.54, 1.807) is 6.20 Å². The highest BCUT2D eigenvalue weighted by molar-refractivity contribution is 5.40. The molecular weight excluding hydrogens is 322 g/mol. The second kappa shape index (κ2) is 8.88. The zero-order chi connectivity index (χ0) is 18.4. The molecule has 1 fully saturated rings. The van der Waals surface area contributed by atoms with Gasteiger partial charge < -0.3 is 0 Å². The second-order valence-corrected chi connectivity index (χ2v) is 7.47. The van der Waals surface area contributed by atoms with Gasteiger partial charge in [0, 0.05) is 45.5 Å². The van der Waals surface area contributed by atoms with Crippen molar-refractivity contribution in [2.75, 3.05) is 26.2 Å². The first-order valence-corrected chi connectivity index (χ1v) is 9.37. The Hall–Kier alpha value is -2.29. The SMILES string of the molecule is CC(C)Cc1ccc(C#N)c(CN2CCN(Cc3cccnn3)CC2)c1. The van der Waals surface area contributed by atoms with Crippen molar-refractivity contribution in [1.82, 2.24) is 20.0 Å². The van der Waals surface area contributed by atoms with Crippen molar-refractivity contribution in [2.24, 2.45) is 5.92 Å². The quantitative estimate of drug-likeness (QED) is 0.803. The molecule has 1 aromatic heterocycles. The number of nitriles is 1. The number of hydrogen-bond acceptors (Lipinski definition) is 5. The molecule has 0 radical (unpaired) electrons. The number of rotatable bonds is 6. The van der Waals surface area contributed by atoms with Crippen molar-refractivity contribution in [1.29, 1.82) is 5.26 Å². The maximum Gasteiger partial charge on any atom is 0.0995 e.